The van der Waals surface area contributed by atoms with E-state index in [4.69, 9.17) is 25.8 Å². The maximum atomic E-state index is 12.9. The zero-order chi connectivity index (χ0) is 22.0. The van der Waals surface area contributed by atoms with Gasteiger partial charge < -0.3 is 19.5 Å². The summed E-state index contributed by atoms with van der Waals surface area (Å²) in [6.07, 6.45) is 0.0518. The number of nitrogens with zero attached hydrogens (tertiary/aromatic N) is 1. The normalized spacial score (nSPS) is 16.7. The first-order chi connectivity index (χ1) is 14.8. The highest BCUT2D eigenvalue weighted by atomic mass is 35.5. The van der Waals surface area contributed by atoms with Crippen LogP contribution in [-0.2, 0) is 26.0 Å². The molecule has 1 amide bonds. The average Bonchev–Trinajstić information content (AvgIpc) is 2.76. The molecule has 1 saturated heterocycles. The standard InChI is InChI=1S/C21H23ClN2O6S/c1-14-2-3-16(31(26,27)24-4-6-28-7-5-24)13-18(14)23-20(25)12-15-10-17(22)21-19(11-15)29-8-9-30-21/h2-3,10-11,13H,4-9,12H2,1H3,(H,23,25). The molecule has 8 nitrogen and oxygen atoms in total. The van der Waals surface area contributed by atoms with Gasteiger partial charge in [-0.1, -0.05) is 17.7 Å². The summed E-state index contributed by atoms with van der Waals surface area (Å²) in [5, 5.41) is 3.20. The van der Waals surface area contributed by atoms with Gasteiger partial charge in [0.2, 0.25) is 15.9 Å². The summed E-state index contributed by atoms with van der Waals surface area (Å²) in [7, 11) is -3.66. The second kappa shape index (κ2) is 9.04. The molecule has 2 aromatic carbocycles. The third-order valence-corrected chi connectivity index (χ3v) is 7.29. The number of ether oxygens (including phenoxy) is 3. The Bertz CT molecular complexity index is 1100. The molecule has 0 unspecified atom stereocenters. The van der Waals surface area contributed by atoms with Crippen molar-refractivity contribution >= 4 is 33.2 Å². The fourth-order valence-electron chi connectivity index (χ4n) is 3.48. The molecule has 0 atom stereocenters. The Kier molecular flexibility index (Phi) is 6.38. The van der Waals surface area contributed by atoms with Gasteiger partial charge >= 0.3 is 0 Å². The summed E-state index contributed by atoms with van der Waals surface area (Å²) in [5.74, 6) is 0.696. The molecule has 0 saturated carbocycles. The van der Waals surface area contributed by atoms with Gasteiger partial charge in [-0.25, -0.2) is 8.42 Å². The van der Waals surface area contributed by atoms with Crippen LogP contribution < -0.4 is 14.8 Å². The zero-order valence-electron chi connectivity index (χ0n) is 17.0. The van der Waals surface area contributed by atoms with Crippen molar-refractivity contribution in [3.05, 3.63) is 46.5 Å². The van der Waals surface area contributed by atoms with E-state index in [2.05, 4.69) is 5.32 Å². The summed E-state index contributed by atoms with van der Waals surface area (Å²) in [6.45, 7) is 4.00. The number of carbonyl (C=O) groups is 1. The Balaban J connectivity index is 1.51. The number of halogens is 1. The number of rotatable bonds is 5. The van der Waals surface area contributed by atoms with Gasteiger partial charge in [0.25, 0.3) is 0 Å². The molecule has 2 heterocycles. The molecular weight excluding hydrogens is 444 g/mol. The smallest absolute Gasteiger partial charge is 0.243 e. The SMILES string of the molecule is Cc1ccc(S(=O)(=O)N2CCOCC2)cc1NC(=O)Cc1cc(Cl)c2c(c1)OCCO2. The Hall–Kier alpha value is -2.33. The van der Waals surface area contributed by atoms with Crippen LogP contribution in [0.5, 0.6) is 11.5 Å². The van der Waals surface area contributed by atoms with Crippen molar-refractivity contribution in [2.45, 2.75) is 18.2 Å². The summed E-state index contributed by atoms with van der Waals surface area (Å²) in [4.78, 5) is 12.8. The van der Waals surface area contributed by atoms with E-state index in [1.54, 1.807) is 24.3 Å². The maximum absolute atomic E-state index is 12.9. The maximum Gasteiger partial charge on any atom is 0.243 e. The number of sulfonamides is 1. The van der Waals surface area contributed by atoms with Crippen molar-refractivity contribution in [2.24, 2.45) is 0 Å². The molecule has 10 heteroatoms. The van der Waals surface area contributed by atoms with Gasteiger partial charge in [0.05, 0.1) is 29.6 Å². The topological polar surface area (TPSA) is 94.2 Å². The second-order valence-electron chi connectivity index (χ2n) is 7.32. The first-order valence-electron chi connectivity index (χ1n) is 9.91. The van der Waals surface area contributed by atoms with Gasteiger partial charge in [-0.15, -0.1) is 0 Å². The minimum absolute atomic E-state index is 0.0518. The van der Waals surface area contributed by atoms with Gasteiger partial charge in [-0.05, 0) is 42.3 Å². The number of anilines is 1. The first-order valence-corrected chi connectivity index (χ1v) is 11.7. The van der Waals surface area contributed by atoms with Gasteiger partial charge in [-0.3, -0.25) is 4.79 Å². The van der Waals surface area contributed by atoms with Gasteiger partial charge in [-0.2, -0.15) is 4.31 Å². The molecule has 166 valence electrons. The first kappa shape index (κ1) is 21.9. The molecule has 2 aromatic rings. The number of hydrogen-bond acceptors (Lipinski definition) is 6. The lowest BCUT2D eigenvalue weighted by Crippen LogP contribution is -2.40. The van der Waals surface area contributed by atoms with Crippen molar-refractivity contribution in [3.63, 3.8) is 0 Å². The molecule has 0 bridgehead atoms. The number of morpholine rings is 1. The molecule has 0 spiro atoms. The Morgan fingerprint density at radius 3 is 2.61 bits per heavy atom. The Morgan fingerprint density at radius 2 is 1.84 bits per heavy atom. The average molecular weight is 467 g/mol. The van der Waals surface area contributed by atoms with Crippen LogP contribution in [0.3, 0.4) is 0 Å². The van der Waals surface area contributed by atoms with Crippen LogP contribution >= 0.6 is 11.6 Å². The fourth-order valence-corrected chi connectivity index (χ4v) is 5.20. The molecule has 1 N–H and O–H groups in total. The van der Waals surface area contributed by atoms with E-state index < -0.39 is 10.0 Å². The van der Waals surface area contributed by atoms with E-state index in [-0.39, 0.29) is 17.2 Å². The number of benzene rings is 2. The Morgan fingerprint density at radius 1 is 1.10 bits per heavy atom. The van der Waals surface area contributed by atoms with E-state index in [1.165, 1.54) is 10.4 Å². The molecule has 0 aromatic heterocycles. The minimum atomic E-state index is -3.66. The van der Waals surface area contributed by atoms with E-state index >= 15 is 0 Å². The lowest BCUT2D eigenvalue weighted by molar-refractivity contribution is -0.115. The number of fused-ring (bicyclic) bond motifs is 1. The van der Waals surface area contributed by atoms with Crippen LogP contribution in [-0.4, -0.2) is 58.1 Å². The van der Waals surface area contributed by atoms with Crippen LogP contribution in [0.15, 0.2) is 35.2 Å². The van der Waals surface area contributed by atoms with Crippen LogP contribution in [0.25, 0.3) is 0 Å². The van der Waals surface area contributed by atoms with E-state index in [0.717, 1.165) is 5.56 Å². The lowest BCUT2D eigenvalue weighted by atomic mass is 10.1. The van der Waals surface area contributed by atoms with Gasteiger partial charge in [0.15, 0.2) is 11.5 Å². The van der Waals surface area contributed by atoms with Gasteiger partial charge in [0, 0.05) is 18.8 Å². The van der Waals surface area contributed by atoms with Crippen molar-refractivity contribution in [1.82, 2.24) is 4.31 Å². The number of carbonyl (C=O) groups excluding carboxylic acids is 1. The highest BCUT2D eigenvalue weighted by molar-refractivity contribution is 7.89. The number of amides is 1. The molecule has 31 heavy (non-hydrogen) atoms. The van der Waals surface area contributed by atoms with Crippen molar-refractivity contribution in [1.29, 1.82) is 0 Å². The van der Waals surface area contributed by atoms with Crippen molar-refractivity contribution in [3.8, 4) is 11.5 Å². The highest BCUT2D eigenvalue weighted by Crippen LogP contribution is 2.38. The zero-order valence-corrected chi connectivity index (χ0v) is 18.6. The number of nitrogens with one attached hydrogen (secondary N) is 1. The highest BCUT2D eigenvalue weighted by Gasteiger charge is 2.27. The quantitative estimate of drug-likeness (QED) is 0.728. The molecule has 2 aliphatic heterocycles. The molecule has 0 aliphatic carbocycles. The number of aryl methyl sites for hydroxylation is 1. The van der Waals surface area contributed by atoms with Crippen LogP contribution in [0.4, 0.5) is 5.69 Å². The van der Waals surface area contributed by atoms with Crippen LogP contribution in [0, 0.1) is 6.92 Å². The largest absolute Gasteiger partial charge is 0.486 e. The predicted molar refractivity (Wildman–Crippen MR) is 116 cm³/mol. The third-order valence-electron chi connectivity index (χ3n) is 5.11. The molecule has 4 rings (SSSR count). The van der Waals surface area contributed by atoms with E-state index in [1.807, 2.05) is 6.92 Å². The lowest BCUT2D eigenvalue weighted by Gasteiger charge is -2.26. The molecule has 1 fully saturated rings. The minimum Gasteiger partial charge on any atom is -0.486 e. The Labute approximate surface area is 186 Å². The van der Waals surface area contributed by atoms with E-state index in [0.29, 0.717) is 67.3 Å². The van der Waals surface area contributed by atoms with Crippen LogP contribution in [0.2, 0.25) is 5.02 Å². The fraction of sp³-hybridized carbons (Fsp3) is 0.381. The third kappa shape index (κ3) is 4.79. The second-order valence-corrected chi connectivity index (χ2v) is 9.67. The summed E-state index contributed by atoms with van der Waals surface area (Å²) in [5.41, 5.74) is 1.87. The van der Waals surface area contributed by atoms with Crippen molar-refractivity contribution < 1.29 is 27.4 Å². The van der Waals surface area contributed by atoms with E-state index in [9.17, 15) is 13.2 Å². The molecule has 2 aliphatic rings. The number of hydrogen-bond donors (Lipinski definition) is 1. The summed E-state index contributed by atoms with van der Waals surface area (Å²) in [6, 6.07) is 8.13. The molecular formula is C21H23ClN2O6S. The van der Waals surface area contributed by atoms with Crippen LogP contribution in [0.1, 0.15) is 11.1 Å². The predicted octanol–water partition coefficient (Wildman–Crippen LogP) is 2.62. The summed E-state index contributed by atoms with van der Waals surface area (Å²) < 4.78 is 43.5. The monoisotopic (exact) mass is 466 g/mol. The summed E-state index contributed by atoms with van der Waals surface area (Å²) >= 11 is 6.24. The van der Waals surface area contributed by atoms with Gasteiger partial charge in [0.1, 0.15) is 13.2 Å². The molecule has 0 radical (unpaired) electrons. The van der Waals surface area contributed by atoms with Crippen molar-refractivity contribution in [2.75, 3.05) is 44.8 Å².